The minimum atomic E-state index is -0.119. The van der Waals surface area contributed by atoms with Crippen LogP contribution in [-0.4, -0.2) is 43.5 Å². The zero-order chi connectivity index (χ0) is 16.1. The van der Waals surface area contributed by atoms with E-state index in [4.69, 9.17) is 4.74 Å². The Morgan fingerprint density at radius 2 is 2.05 bits per heavy atom. The van der Waals surface area contributed by atoms with Crippen LogP contribution >= 0.6 is 15.9 Å². The Morgan fingerprint density at radius 3 is 2.55 bits per heavy atom. The van der Waals surface area contributed by atoms with Gasteiger partial charge in [0.25, 0.3) is 5.91 Å². The van der Waals surface area contributed by atoms with Crippen LogP contribution in [0.1, 0.15) is 22.1 Å². The summed E-state index contributed by atoms with van der Waals surface area (Å²) in [5, 5.41) is 2.96. The molecule has 0 bridgehead atoms. The minimum Gasteiger partial charge on any atom is -0.497 e. The molecule has 1 amide bonds. The highest BCUT2D eigenvalue weighted by Crippen LogP contribution is 2.21. The Bertz CT molecular complexity index is 623. The lowest BCUT2D eigenvalue weighted by molar-refractivity contribution is 0.0937. The van der Waals surface area contributed by atoms with E-state index in [-0.39, 0.29) is 11.9 Å². The molecule has 0 radical (unpaired) electrons. The highest BCUT2D eigenvalue weighted by atomic mass is 79.9. The number of benzene rings is 1. The van der Waals surface area contributed by atoms with Crippen LogP contribution in [-0.2, 0) is 0 Å². The number of ether oxygens (including phenoxy) is 1. The smallest absolute Gasteiger partial charge is 0.267 e. The molecule has 0 spiro atoms. The zero-order valence-corrected chi connectivity index (χ0v) is 14.5. The summed E-state index contributed by atoms with van der Waals surface area (Å²) in [4.78, 5) is 17.1. The molecule has 22 heavy (non-hydrogen) atoms. The number of aromatic nitrogens is 1. The third kappa shape index (κ3) is 4.11. The lowest BCUT2D eigenvalue weighted by Crippen LogP contribution is -2.34. The zero-order valence-electron chi connectivity index (χ0n) is 12.9. The van der Waals surface area contributed by atoms with Gasteiger partial charge in [-0.15, -0.1) is 0 Å². The number of rotatable bonds is 6. The van der Waals surface area contributed by atoms with Crippen LogP contribution in [0.4, 0.5) is 0 Å². The van der Waals surface area contributed by atoms with Crippen molar-refractivity contribution in [3.05, 3.63) is 52.3 Å². The number of likely N-dealkylation sites (N-methyl/N-ethyl adjacent to an activating group) is 1. The van der Waals surface area contributed by atoms with Gasteiger partial charge >= 0.3 is 0 Å². The van der Waals surface area contributed by atoms with Gasteiger partial charge in [0.05, 0.1) is 13.2 Å². The number of methoxy groups -OCH3 is 1. The fraction of sp³-hybridized carbons (Fsp3) is 0.312. The van der Waals surface area contributed by atoms with Gasteiger partial charge in [0.15, 0.2) is 0 Å². The summed E-state index contributed by atoms with van der Waals surface area (Å²) in [5.41, 5.74) is 1.66. The molecular weight excluding hydrogens is 346 g/mol. The summed E-state index contributed by atoms with van der Waals surface area (Å²) in [6.45, 7) is 0.523. The molecule has 1 atom stereocenters. The number of carbonyl (C=O) groups is 1. The summed E-state index contributed by atoms with van der Waals surface area (Å²) in [6.07, 6.45) is 1.74. The molecule has 1 aromatic heterocycles. The number of hydrogen-bond acceptors (Lipinski definition) is 3. The summed E-state index contributed by atoms with van der Waals surface area (Å²) in [7, 11) is 5.63. The normalized spacial score (nSPS) is 12.2. The predicted octanol–water partition coefficient (Wildman–Crippen LogP) is 2.82. The van der Waals surface area contributed by atoms with Crippen LogP contribution in [0, 0.1) is 0 Å². The quantitative estimate of drug-likeness (QED) is 0.827. The average Bonchev–Trinajstić information content (AvgIpc) is 2.94. The molecule has 2 N–H and O–H groups in total. The monoisotopic (exact) mass is 365 g/mol. The van der Waals surface area contributed by atoms with Crippen LogP contribution < -0.4 is 10.1 Å². The largest absolute Gasteiger partial charge is 0.497 e. The lowest BCUT2D eigenvalue weighted by atomic mass is 10.1. The van der Waals surface area contributed by atoms with Crippen molar-refractivity contribution < 1.29 is 9.53 Å². The average molecular weight is 366 g/mol. The first-order valence-corrected chi connectivity index (χ1v) is 7.73. The van der Waals surface area contributed by atoms with Crippen LogP contribution in [0.15, 0.2) is 41.0 Å². The van der Waals surface area contributed by atoms with Crippen LogP contribution in [0.5, 0.6) is 5.75 Å². The van der Waals surface area contributed by atoms with E-state index in [0.29, 0.717) is 12.2 Å². The van der Waals surface area contributed by atoms with E-state index in [0.717, 1.165) is 15.8 Å². The Balaban J connectivity index is 2.03. The predicted molar refractivity (Wildman–Crippen MR) is 90.2 cm³/mol. The van der Waals surface area contributed by atoms with E-state index >= 15 is 0 Å². The van der Waals surface area contributed by atoms with E-state index in [9.17, 15) is 4.79 Å². The summed E-state index contributed by atoms with van der Waals surface area (Å²) >= 11 is 3.32. The number of nitrogens with one attached hydrogen (secondary N) is 2. The van der Waals surface area contributed by atoms with Gasteiger partial charge in [0.1, 0.15) is 11.4 Å². The third-order valence-corrected chi connectivity index (χ3v) is 3.93. The number of halogens is 1. The van der Waals surface area contributed by atoms with Crippen LogP contribution in [0.2, 0.25) is 0 Å². The minimum absolute atomic E-state index is 0.0910. The highest BCUT2D eigenvalue weighted by molar-refractivity contribution is 9.10. The van der Waals surface area contributed by atoms with Gasteiger partial charge in [0.2, 0.25) is 0 Å². The van der Waals surface area contributed by atoms with Crippen molar-refractivity contribution in [2.24, 2.45) is 0 Å². The van der Waals surface area contributed by atoms with Gasteiger partial charge in [-0.3, -0.25) is 4.79 Å². The van der Waals surface area contributed by atoms with Crippen molar-refractivity contribution in [1.29, 1.82) is 0 Å². The van der Waals surface area contributed by atoms with Crippen molar-refractivity contribution >= 4 is 21.8 Å². The van der Waals surface area contributed by atoms with Gasteiger partial charge in [0, 0.05) is 17.2 Å². The van der Waals surface area contributed by atoms with Gasteiger partial charge in [-0.05, 0) is 53.8 Å². The van der Waals surface area contributed by atoms with Gasteiger partial charge in [-0.1, -0.05) is 12.1 Å². The molecule has 0 fully saturated rings. The van der Waals surface area contributed by atoms with E-state index in [1.807, 2.05) is 38.4 Å². The summed E-state index contributed by atoms with van der Waals surface area (Å²) in [5.74, 6) is 0.701. The maximum absolute atomic E-state index is 12.1. The van der Waals surface area contributed by atoms with Crippen molar-refractivity contribution in [3.8, 4) is 5.75 Å². The SMILES string of the molecule is COc1ccc(C(CNC(=O)c2cc(Br)c[nH]2)N(C)C)cc1. The Labute approximate surface area is 138 Å². The number of hydrogen-bond donors (Lipinski definition) is 2. The topological polar surface area (TPSA) is 57.4 Å². The first-order chi connectivity index (χ1) is 10.5. The van der Waals surface area contributed by atoms with Crippen molar-refractivity contribution in [1.82, 2.24) is 15.2 Å². The number of amides is 1. The molecule has 118 valence electrons. The van der Waals surface area contributed by atoms with E-state index < -0.39 is 0 Å². The van der Waals surface area contributed by atoms with Gasteiger partial charge in [-0.2, -0.15) is 0 Å². The molecule has 0 saturated heterocycles. The van der Waals surface area contributed by atoms with Crippen LogP contribution in [0.25, 0.3) is 0 Å². The maximum atomic E-state index is 12.1. The van der Waals surface area contributed by atoms with Crippen molar-refractivity contribution in [3.63, 3.8) is 0 Å². The Kier molecular flexibility index (Phi) is 5.63. The van der Waals surface area contributed by atoms with E-state index in [2.05, 4.69) is 31.1 Å². The second-order valence-electron chi connectivity index (χ2n) is 5.19. The molecule has 2 aromatic rings. The first-order valence-electron chi connectivity index (χ1n) is 6.93. The Morgan fingerprint density at radius 1 is 1.36 bits per heavy atom. The van der Waals surface area contributed by atoms with Crippen molar-refractivity contribution in [2.75, 3.05) is 27.7 Å². The first kappa shape index (κ1) is 16.6. The highest BCUT2D eigenvalue weighted by Gasteiger charge is 2.16. The molecular formula is C16H20BrN3O2. The number of carbonyl (C=O) groups excluding carboxylic acids is 1. The molecule has 2 rings (SSSR count). The van der Waals surface area contributed by atoms with Gasteiger partial charge < -0.3 is 19.9 Å². The molecule has 0 aliphatic carbocycles. The fourth-order valence-corrected chi connectivity index (χ4v) is 2.55. The second-order valence-corrected chi connectivity index (χ2v) is 6.11. The molecule has 0 aliphatic heterocycles. The fourth-order valence-electron chi connectivity index (χ4n) is 2.21. The standard InChI is InChI=1S/C16H20BrN3O2/c1-20(2)15(11-4-6-13(22-3)7-5-11)10-19-16(21)14-8-12(17)9-18-14/h4-9,15,18H,10H2,1-3H3,(H,19,21). The van der Waals surface area contributed by atoms with Crippen molar-refractivity contribution in [2.45, 2.75) is 6.04 Å². The number of aromatic amines is 1. The summed E-state index contributed by atoms with van der Waals surface area (Å²) in [6, 6.07) is 9.73. The molecule has 1 aromatic carbocycles. The van der Waals surface area contributed by atoms with E-state index in [1.165, 1.54) is 0 Å². The van der Waals surface area contributed by atoms with Gasteiger partial charge in [-0.25, -0.2) is 0 Å². The number of H-pyrrole nitrogens is 1. The number of nitrogens with zero attached hydrogens (tertiary/aromatic N) is 1. The summed E-state index contributed by atoms with van der Waals surface area (Å²) < 4.78 is 6.03. The van der Waals surface area contributed by atoms with E-state index in [1.54, 1.807) is 19.4 Å². The molecule has 5 nitrogen and oxygen atoms in total. The third-order valence-electron chi connectivity index (χ3n) is 3.47. The second kappa shape index (κ2) is 7.47. The lowest BCUT2D eigenvalue weighted by Gasteiger charge is -2.25. The molecule has 1 unspecified atom stereocenters. The molecule has 0 aliphatic rings. The molecule has 6 heteroatoms. The Hall–Kier alpha value is -1.79. The maximum Gasteiger partial charge on any atom is 0.267 e. The molecule has 0 saturated carbocycles. The van der Waals surface area contributed by atoms with Crippen LogP contribution in [0.3, 0.4) is 0 Å². The molecule has 1 heterocycles.